The summed E-state index contributed by atoms with van der Waals surface area (Å²) in [5, 5.41) is 6.45. The number of hydrogen-bond donors (Lipinski definition) is 2. The fourth-order valence-electron chi connectivity index (χ4n) is 3.87. The van der Waals surface area contributed by atoms with Crippen LogP contribution in [-0.2, 0) is 11.2 Å². The molecule has 25 heavy (non-hydrogen) atoms. The largest absolute Gasteiger partial charge is 0.356 e. The van der Waals surface area contributed by atoms with E-state index in [-0.39, 0.29) is 11.3 Å². The minimum absolute atomic E-state index is 0.206. The van der Waals surface area contributed by atoms with Gasteiger partial charge in [0.2, 0.25) is 5.91 Å². The Kier molecular flexibility index (Phi) is 5.54. The lowest BCUT2D eigenvalue weighted by molar-refractivity contribution is -0.132. The van der Waals surface area contributed by atoms with Gasteiger partial charge in [-0.1, -0.05) is 48.5 Å². The number of carbonyl (C=O) groups is 1. The predicted octanol–water partition coefficient (Wildman–Crippen LogP) is 3.71. The van der Waals surface area contributed by atoms with Crippen LogP contribution in [0.15, 0.2) is 48.5 Å². The molecule has 0 atom stereocenters. The van der Waals surface area contributed by atoms with Crippen molar-refractivity contribution in [2.24, 2.45) is 5.41 Å². The molecule has 0 bridgehead atoms. The van der Waals surface area contributed by atoms with E-state index >= 15 is 0 Å². The number of benzene rings is 2. The first-order valence-corrected chi connectivity index (χ1v) is 9.28. The third-order valence-corrected chi connectivity index (χ3v) is 5.31. The summed E-state index contributed by atoms with van der Waals surface area (Å²) in [4.78, 5) is 12.8. The lowest BCUT2D eigenvalue weighted by atomic mass is 9.73. The van der Waals surface area contributed by atoms with E-state index in [9.17, 15) is 4.79 Å². The third kappa shape index (κ3) is 3.93. The summed E-state index contributed by atoms with van der Waals surface area (Å²) in [6.45, 7) is 6.65. The zero-order valence-electron chi connectivity index (χ0n) is 15.3. The smallest absolute Gasteiger partial charge is 0.226 e. The van der Waals surface area contributed by atoms with Crippen molar-refractivity contribution in [3.05, 3.63) is 59.7 Å². The van der Waals surface area contributed by atoms with Gasteiger partial charge < -0.3 is 10.6 Å². The Hall–Kier alpha value is -2.13. The molecule has 2 aromatic rings. The van der Waals surface area contributed by atoms with Crippen LogP contribution >= 0.6 is 0 Å². The molecule has 0 unspecified atom stereocenters. The van der Waals surface area contributed by atoms with Gasteiger partial charge in [-0.2, -0.15) is 0 Å². The van der Waals surface area contributed by atoms with Crippen molar-refractivity contribution < 1.29 is 4.79 Å². The number of amides is 1. The molecule has 0 aliphatic carbocycles. The van der Waals surface area contributed by atoms with Crippen LogP contribution in [0.3, 0.4) is 0 Å². The molecule has 1 saturated heterocycles. The van der Waals surface area contributed by atoms with Crippen LogP contribution in [0.2, 0.25) is 0 Å². The van der Waals surface area contributed by atoms with Gasteiger partial charge in [0, 0.05) is 6.54 Å². The molecule has 1 amide bonds. The molecule has 1 aliphatic rings. The van der Waals surface area contributed by atoms with Gasteiger partial charge >= 0.3 is 0 Å². The van der Waals surface area contributed by atoms with E-state index in [2.05, 4.69) is 66.1 Å². The first-order valence-electron chi connectivity index (χ1n) is 9.28. The molecule has 0 spiro atoms. The Morgan fingerprint density at radius 3 is 2.60 bits per heavy atom. The first-order chi connectivity index (χ1) is 12.1. The highest BCUT2D eigenvalue weighted by molar-refractivity contribution is 5.83. The Labute approximate surface area is 150 Å². The van der Waals surface area contributed by atoms with Crippen molar-refractivity contribution in [1.82, 2.24) is 10.6 Å². The van der Waals surface area contributed by atoms with E-state index in [1.54, 1.807) is 0 Å². The summed E-state index contributed by atoms with van der Waals surface area (Å²) in [6, 6.07) is 17.1. The van der Waals surface area contributed by atoms with Crippen LogP contribution < -0.4 is 10.6 Å². The van der Waals surface area contributed by atoms with Gasteiger partial charge in [-0.15, -0.1) is 0 Å². The number of nitrogens with one attached hydrogen (secondary N) is 2. The zero-order chi connectivity index (χ0) is 17.7. The van der Waals surface area contributed by atoms with Crippen molar-refractivity contribution in [2.45, 2.75) is 33.1 Å². The van der Waals surface area contributed by atoms with Crippen LogP contribution in [0.5, 0.6) is 0 Å². The van der Waals surface area contributed by atoms with E-state index in [4.69, 9.17) is 0 Å². The lowest BCUT2D eigenvalue weighted by Crippen LogP contribution is -2.48. The monoisotopic (exact) mass is 336 g/mol. The van der Waals surface area contributed by atoms with E-state index in [0.29, 0.717) is 6.54 Å². The van der Waals surface area contributed by atoms with Crippen molar-refractivity contribution in [3.8, 4) is 11.1 Å². The normalized spacial score (nSPS) is 16.4. The topological polar surface area (TPSA) is 41.1 Å². The first kappa shape index (κ1) is 17.7. The molecule has 3 rings (SSSR count). The summed E-state index contributed by atoms with van der Waals surface area (Å²) in [6.07, 6.45) is 2.60. The quantitative estimate of drug-likeness (QED) is 0.874. The van der Waals surface area contributed by atoms with Gasteiger partial charge in [-0.25, -0.2) is 0 Å². The summed E-state index contributed by atoms with van der Waals surface area (Å²) < 4.78 is 0. The molecule has 1 aliphatic heterocycles. The molecular weight excluding hydrogens is 308 g/mol. The standard InChI is InChI=1S/C22H28N2O/c1-3-24-21(25)22(11-13-23-14-12-22)16-18-8-6-9-19(15-18)20-10-5-4-7-17(20)2/h4-10,15,23H,3,11-14,16H2,1-2H3,(H,24,25). The lowest BCUT2D eigenvalue weighted by Gasteiger charge is -2.36. The minimum atomic E-state index is -0.286. The molecule has 1 fully saturated rings. The molecule has 0 saturated carbocycles. The fraction of sp³-hybridized carbons (Fsp3) is 0.409. The fourth-order valence-corrected chi connectivity index (χ4v) is 3.87. The molecule has 2 N–H and O–H groups in total. The van der Waals surface area contributed by atoms with Crippen molar-refractivity contribution in [1.29, 1.82) is 0 Å². The maximum absolute atomic E-state index is 12.8. The van der Waals surface area contributed by atoms with Crippen molar-refractivity contribution >= 4 is 5.91 Å². The maximum Gasteiger partial charge on any atom is 0.226 e. The van der Waals surface area contributed by atoms with E-state index < -0.39 is 0 Å². The average Bonchev–Trinajstić information content (AvgIpc) is 2.63. The SMILES string of the molecule is CCNC(=O)C1(Cc2cccc(-c3ccccc3C)c2)CCNCC1. The Bertz CT molecular complexity index is 732. The van der Waals surface area contributed by atoms with E-state index in [1.165, 1.54) is 22.3 Å². The summed E-state index contributed by atoms with van der Waals surface area (Å²) in [5.74, 6) is 0.206. The number of hydrogen-bond acceptors (Lipinski definition) is 2. The highest BCUT2D eigenvalue weighted by Gasteiger charge is 2.39. The van der Waals surface area contributed by atoms with Gasteiger partial charge in [0.25, 0.3) is 0 Å². The molecule has 1 heterocycles. The highest BCUT2D eigenvalue weighted by atomic mass is 16.2. The van der Waals surface area contributed by atoms with Crippen LogP contribution in [0.4, 0.5) is 0 Å². The summed E-state index contributed by atoms with van der Waals surface area (Å²) in [5.41, 5.74) is 4.73. The van der Waals surface area contributed by atoms with Gasteiger partial charge in [-0.3, -0.25) is 4.79 Å². The summed E-state index contributed by atoms with van der Waals surface area (Å²) in [7, 11) is 0. The van der Waals surface area contributed by atoms with Crippen molar-refractivity contribution in [2.75, 3.05) is 19.6 Å². The molecular formula is C22H28N2O. The number of piperidine rings is 1. The van der Waals surface area contributed by atoms with Crippen LogP contribution in [0.1, 0.15) is 30.9 Å². The Morgan fingerprint density at radius 2 is 1.88 bits per heavy atom. The highest BCUT2D eigenvalue weighted by Crippen LogP contribution is 2.34. The number of aryl methyl sites for hydroxylation is 1. The zero-order valence-corrected chi connectivity index (χ0v) is 15.3. The van der Waals surface area contributed by atoms with Gasteiger partial charge in [0.05, 0.1) is 5.41 Å². The van der Waals surface area contributed by atoms with Crippen molar-refractivity contribution in [3.63, 3.8) is 0 Å². The summed E-state index contributed by atoms with van der Waals surface area (Å²) >= 11 is 0. The third-order valence-electron chi connectivity index (χ3n) is 5.31. The second-order valence-electron chi connectivity index (χ2n) is 7.08. The maximum atomic E-state index is 12.8. The van der Waals surface area contributed by atoms with Crippen LogP contribution in [0, 0.1) is 12.3 Å². The van der Waals surface area contributed by atoms with Crippen LogP contribution in [0.25, 0.3) is 11.1 Å². The Morgan fingerprint density at radius 1 is 1.12 bits per heavy atom. The van der Waals surface area contributed by atoms with Gasteiger partial charge in [-0.05, 0) is 68.5 Å². The molecule has 2 aromatic carbocycles. The minimum Gasteiger partial charge on any atom is -0.356 e. The molecule has 0 radical (unpaired) electrons. The molecule has 3 heteroatoms. The average molecular weight is 336 g/mol. The van der Waals surface area contributed by atoms with Gasteiger partial charge in [0.1, 0.15) is 0 Å². The number of rotatable bonds is 5. The molecule has 0 aromatic heterocycles. The molecule has 3 nitrogen and oxygen atoms in total. The second kappa shape index (κ2) is 7.83. The van der Waals surface area contributed by atoms with E-state index in [1.807, 2.05) is 6.92 Å². The van der Waals surface area contributed by atoms with E-state index in [0.717, 1.165) is 32.4 Å². The second-order valence-corrected chi connectivity index (χ2v) is 7.08. The number of carbonyl (C=O) groups excluding carboxylic acids is 1. The predicted molar refractivity (Wildman–Crippen MR) is 104 cm³/mol. The molecule has 132 valence electrons. The van der Waals surface area contributed by atoms with Gasteiger partial charge in [0.15, 0.2) is 0 Å². The Balaban J connectivity index is 1.89. The van der Waals surface area contributed by atoms with Crippen LogP contribution in [-0.4, -0.2) is 25.5 Å².